The molecule has 0 aliphatic rings. The SMILES string of the molecule is CCCOc1ccccc1NS(=O)(=O)c1cccc(Cl)c1Cl. The van der Waals surface area contributed by atoms with E-state index in [-0.39, 0.29) is 14.9 Å². The fourth-order valence-electron chi connectivity index (χ4n) is 1.78. The van der Waals surface area contributed by atoms with E-state index in [9.17, 15) is 8.42 Å². The standard InChI is InChI=1S/C15H15Cl2NO3S/c1-2-10-21-13-8-4-3-7-12(13)18-22(19,20)14-9-5-6-11(16)15(14)17/h3-9,18H,2,10H2,1H3. The van der Waals surface area contributed by atoms with Crippen LogP contribution in [0.1, 0.15) is 13.3 Å². The molecule has 0 aliphatic carbocycles. The summed E-state index contributed by atoms with van der Waals surface area (Å²) in [6.07, 6.45) is 0.821. The van der Waals surface area contributed by atoms with E-state index in [0.29, 0.717) is 18.0 Å². The molecule has 0 unspecified atom stereocenters. The largest absolute Gasteiger partial charge is 0.491 e. The van der Waals surface area contributed by atoms with Crippen LogP contribution in [0.25, 0.3) is 0 Å². The van der Waals surface area contributed by atoms with Crippen LogP contribution >= 0.6 is 23.2 Å². The first-order valence-electron chi connectivity index (χ1n) is 6.64. The van der Waals surface area contributed by atoms with Crippen molar-refractivity contribution in [3.8, 4) is 5.75 Å². The summed E-state index contributed by atoms with van der Waals surface area (Å²) < 4.78 is 33.0. The number of para-hydroxylation sites is 2. The topological polar surface area (TPSA) is 55.4 Å². The highest BCUT2D eigenvalue weighted by atomic mass is 35.5. The average Bonchev–Trinajstić information content (AvgIpc) is 2.48. The maximum atomic E-state index is 12.5. The molecule has 0 saturated heterocycles. The fourth-order valence-corrected chi connectivity index (χ4v) is 3.61. The Hall–Kier alpha value is -1.43. The Morgan fingerprint density at radius 3 is 2.55 bits per heavy atom. The van der Waals surface area contributed by atoms with Crippen molar-refractivity contribution in [1.82, 2.24) is 0 Å². The molecule has 4 nitrogen and oxygen atoms in total. The summed E-state index contributed by atoms with van der Waals surface area (Å²) >= 11 is 11.9. The molecule has 2 rings (SSSR count). The molecule has 0 saturated carbocycles. The summed E-state index contributed by atoms with van der Waals surface area (Å²) in [7, 11) is -3.86. The molecule has 0 spiro atoms. The Bertz CT molecular complexity index is 763. The van der Waals surface area contributed by atoms with Crippen LogP contribution in [0.5, 0.6) is 5.75 Å². The van der Waals surface area contributed by atoms with Gasteiger partial charge in [-0.3, -0.25) is 4.72 Å². The number of sulfonamides is 1. The van der Waals surface area contributed by atoms with Crippen LogP contribution in [0.3, 0.4) is 0 Å². The van der Waals surface area contributed by atoms with Gasteiger partial charge in [0.1, 0.15) is 10.6 Å². The van der Waals surface area contributed by atoms with Crippen molar-refractivity contribution in [2.45, 2.75) is 18.2 Å². The summed E-state index contributed by atoms with van der Waals surface area (Å²) in [6.45, 7) is 2.47. The van der Waals surface area contributed by atoms with Gasteiger partial charge in [-0.15, -0.1) is 0 Å². The maximum Gasteiger partial charge on any atom is 0.263 e. The minimum atomic E-state index is -3.86. The zero-order valence-electron chi connectivity index (χ0n) is 11.8. The van der Waals surface area contributed by atoms with E-state index in [1.54, 1.807) is 24.3 Å². The number of rotatable bonds is 6. The molecule has 0 aromatic heterocycles. The predicted octanol–water partition coefficient (Wildman–Crippen LogP) is 4.58. The third-order valence-corrected chi connectivity index (χ3v) is 5.14. The van der Waals surface area contributed by atoms with Gasteiger partial charge in [0.05, 0.1) is 22.3 Å². The van der Waals surface area contributed by atoms with Crippen LogP contribution in [0, 0.1) is 0 Å². The molecule has 0 fully saturated rings. The average molecular weight is 360 g/mol. The van der Waals surface area contributed by atoms with Crippen LogP contribution in [0.2, 0.25) is 10.0 Å². The zero-order chi connectivity index (χ0) is 16.2. The lowest BCUT2D eigenvalue weighted by Crippen LogP contribution is -2.14. The van der Waals surface area contributed by atoms with E-state index >= 15 is 0 Å². The Balaban J connectivity index is 2.35. The van der Waals surface area contributed by atoms with Gasteiger partial charge in [-0.1, -0.05) is 48.3 Å². The molecule has 118 valence electrons. The number of hydrogen-bond acceptors (Lipinski definition) is 3. The third kappa shape index (κ3) is 3.85. The van der Waals surface area contributed by atoms with Crippen LogP contribution in [0.15, 0.2) is 47.4 Å². The van der Waals surface area contributed by atoms with Crippen molar-refractivity contribution in [3.63, 3.8) is 0 Å². The van der Waals surface area contributed by atoms with Gasteiger partial charge in [0, 0.05) is 0 Å². The lowest BCUT2D eigenvalue weighted by atomic mass is 10.3. The van der Waals surface area contributed by atoms with E-state index in [2.05, 4.69) is 4.72 Å². The third-order valence-electron chi connectivity index (χ3n) is 2.80. The monoisotopic (exact) mass is 359 g/mol. The second-order valence-corrected chi connectivity index (χ2v) is 6.94. The summed E-state index contributed by atoms with van der Waals surface area (Å²) in [6, 6.07) is 11.3. The molecule has 0 atom stereocenters. The second-order valence-electron chi connectivity index (χ2n) is 4.50. The highest BCUT2D eigenvalue weighted by Crippen LogP contribution is 2.32. The Labute approximate surface area is 140 Å². The highest BCUT2D eigenvalue weighted by molar-refractivity contribution is 7.92. The van der Waals surface area contributed by atoms with Gasteiger partial charge in [-0.05, 0) is 30.7 Å². The molecule has 0 heterocycles. The van der Waals surface area contributed by atoms with Crippen molar-refractivity contribution in [2.75, 3.05) is 11.3 Å². The fraction of sp³-hybridized carbons (Fsp3) is 0.200. The van der Waals surface area contributed by atoms with Gasteiger partial charge in [0.2, 0.25) is 0 Å². The number of anilines is 1. The van der Waals surface area contributed by atoms with E-state index < -0.39 is 10.0 Å². The first-order valence-corrected chi connectivity index (χ1v) is 8.88. The van der Waals surface area contributed by atoms with Gasteiger partial charge >= 0.3 is 0 Å². The Kier molecular flexibility index (Phi) is 5.56. The van der Waals surface area contributed by atoms with Crippen LogP contribution in [0.4, 0.5) is 5.69 Å². The van der Waals surface area contributed by atoms with Crippen molar-refractivity contribution in [1.29, 1.82) is 0 Å². The molecular weight excluding hydrogens is 345 g/mol. The van der Waals surface area contributed by atoms with Gasteiger partial charge in [0.25, 0.3) is 10.0 Å². The summed E-state index contributed by atoms with van der Waals surface area (Å²) in [5, 5.41) is 0.170. The molecular formula is C15H15Cl2NO3S. The second kappa shape index (κ2) is 7.22. The molecule has 0 amide bonds. The van der Waals surface area contributed by atoms with E-state index in [4.69, 9.17) is 27.9 Å². The molecule has 22 heavy (non-hydrogen) atoms. The minimum absolute atomic E-state index is 0.0105. The van der Waals surface area contributed by atoms with Crippen LogP contribution in [-0.2, 0) is 10.0 Å². The lowest BCUT2D eigenvalue weighted by Gasteiger charge is -2.14. The molecule has 0 bridgehead atoms. The van der Waals surface area contributed by atoms with Gasteiger partial charge in [0.15, 0.2) is 0 Å². The summed E-state index contributed by atoms with van der Waals surface area (Å²) in [4.78, 5) is -0.0769. The van der Waals surface area contributed by atoms with Crippen molar-refractivity contribution in [2.24, 2.45) is 0 Å². The van der Waals surface area contributed by atoms with Crippen molar-refractivity contribution in [3.05, 3.63) is 52.5 Å². The number of halogens is 2. The Morgan fingerprint density at radius 2 is 1.82 bits per heavy atom. The molecule has 1 N–H and O–H groups in total. The molecule has 2 aromatic rings. The summed E-state index contributed by atoms with van der Waals surface area (Å²) in [5.41, 5.74) is 0.354. The van der Waals surface area contributed by atoms with E-state index in [0.717, 1.165) is 6.42 Å². The van der Waals surface area contributed by atoms with Gasteiger partial charge < -0.3 is 4.74 Å². The van der Waals surface area contributed by atoms with Crippen molar-refractivity contribution < 1.29 is 13.2 Å². The lowest BCUT2D eigenvalue weighted by molar-refractivity contribution is 0.319. The van der Waals surface area contributed by atoms with E-state index in [1.165, 1.54) is 18.2 Å². The number of ether oxygens (including phenoxy) is 1. The first kappa shape index (κ1) is 16.9. The smallest absolute Gasteiger partial charge is 0.263 e. The zero-order valence-corrected chi connectivity index (χ0v) is 14.2. The highest BCUT2D eigenvalue weighted by Gasteiger charge is 2.21. The number of hydrogen-bond donors (Lipinski definition) is 1. The molecule has 2 aromatic carbocycles. The quantitative estimate of drug-likeness (QED) is 0.820. The van der Waals surface area contributed by atoms with Gasteiger partial charge in [-0.25, -0.2) is 8.42 Å². The molecule has 0 aliphatic heterocycles. The predicted molar refractivity (Wildman–Crippen MR) is 89.5 cm³/mol. The van der Waals surface area contributed by atoms with Crippen molar-refractivity contribution >= 4 is 38.9 Å². The van der Waals surface area contributed by atoms with Crippen LogP contribution < -0.4 is 9.46 Å². The maximum absolute atomic E-state index is 12.5. The number of nitrogens with one attached hydrogen (secondary N) is 1. The van der Waals surface area contributed by atoms with Crippen LogP contribution in [-0.4, -0.2) is 15.0 Å². The minimum Gasteiger partial charge on any atom is -0.491 e. The number of benzene rings is 2. The Morgan fingerprint density at radius 1 is 1.09 bits per heavy atom. The normalized spacial score (nSPS) is 11.2. The van der Waals surface area contributed by atoms with Gasteiger partial charge in [-0.2, -0.15) is 0 Å². The van der Waals surface area contributed by atoms with E-state index in [1.807, 2.05) is 6.92 Å². The first-order chi connectivity index (χ1) is 10.5. The molecule has 7 heteroatoms. The molecule has 0 radical (unpaired) electrons. The summed E-state index contributed by atoms with van der Waals surface area (Å²) in [5.74, 6) is 0.464.